The molecule has 0 bridgehead atoms. The average Bonchev–Trinajstić information content (AvgIpc) is 2.85. The lowest BCUT2D eigenvalue weighted by Crippen LogP contribution is -2.25. The van der Waals surface area contributed by atoms with Crippen LogP contribution in [0.25, 0.3) is 11.0 Å². The minimum atomic E-state index is -0.689. The molecule has 0 saturated heterocycles. The summed E-state index contributed by atoms with van der Waals surface area (Å²) in [7, 11) is 0. The number of primary amides is 1. The monoisotopic (exact) mass is 568 g/mol. The Morgan fingerprint density at radius 1 is 0.878 bits per heavy atom. The summed E-state index contributed by atoms with van der Waals surface area (Å²) in [4.78, 5) is 72.7. The van der Waals surface area contributed by atoms with Gasteiger partial charge in [-0.1, -0.05) is 0 Å². The number of hydrogen-bond acceptors (Lipinski definition) is 10. The van der Waals surface area contributed by atoms with Crippen LogP contribution in [0.1, 0.15) is 77.0 Å². The van der Waals surface area contributed by atoms with Crippen LogP contribution in [0.3, 0.4) is 0 Å². The SMILES string of the molecule is CC(C)(C)OC(=O)CCC(=O)Nc1ncccc1C(N)=O.CC(C)(C)OC(=O)CCc1nc2ncccc2c(=O)[nH]1. The summed E-state index contributed by atoms with van der Waals surface area (Å²) >= 11 is 0. The third-order valence-corrected chi connectivity index (χ3v) is 4.82. The second-order valence-electron chi connectivity index (χ2n) is 10.9. The third-order valence-electron chi connectivity index (χ3n) is 4.82. The summed E-state index contributed by atoms with van der Waals surface area (Å²) in [6.07, 6.45) is 3.36. The largest absolute Gasteiger partial charge is 0.460 e. The molecule has 13 heteroatoms. The van der Waals surface area contributed by atoms with E-state index in [1.165, 1.54) is 18.3 Å². The number of anilines is 1. The Morgan fingerprint density at radius 2 is 1.46 bits per heavy atom. The fraction of sp³-hybridized carbons (Fsp3) is 0.429. The van der Waals surface area contributed by atoms with Crippen LogP contribution >= 0.6 is 0 Å². The number of ether oxygens (including phenoxy) is 2. The maximum atomic E-state index is 11.8. The predicted octanol–water partition coefficient (Wildman–Crippen LogP) is 2.83. The van der Waals surface area contributed by atoms with Crippen LogP contribution in [0.4, 0.5) is 5.82 Å². The van der Waals surface area contributed by atoms with Gasteiger partial charge in [0.2, 0.25) is 5.91 Å². The van der Waals surface area contributed by atoms with Gasteiger partial charge in [-0.05, 0) is 65.8 Å². The highest BCUT2D eigenvalue weighted by molar-refractivity contribution is 6.02. The molecule has 0 radical (unpaired) electrons. The Kier molecular flexibility index (Phi) is 11.2. The third kappa shape index (κ3) is 11.9. The van der Waals surface area contributed by atoms with Gasteiger partial charge in [-0.2, -0.15) is 0 Å². The van der Waals surface area contributed by atoms with Gasteiger partial charge in [0.15, 0.2) is 5.65 Å². The number of carbonyl (C=O) groups excluding carboxylic acids is 4. The number of nitrogens with one attached hydrogen (secondary N) is 2. The normalized spacial score (nSPS) is 11.2. The molecular formula is C28H36N6O7. The molecule has 13 nitrogen and oxygen atoms in total. The number of nitrogens with zero attached hydrogens (tertiary/aromatic N) is 3. The number of aromatic amines is 1. The van der Waals surface area contributed by atoms with Gasteiger partial charge in [0.25, 0.3) is 11.5 Å². The molecule has 220 valence electrons. The summed E-state index contributed by atoms with van der Waals surface area (Å²) in [5.74, 6) is -1.39. The number of aryl methyl sites for hydroxylation is 1. The molecule has 0 fully saturated rings. The van der Waals surface area contributed by atoms with Gasteiger partial charge in [-0.25, -0.2) is 15.0 Å². The van der Waals surface area contributed by atoms with Crippen molar-refractivity contribution >= 4 is 40.6 Å². The molecule has 3 rings (SSSR count). The Bertz CT molecular complexity index is 1450. The fourth-order valence-electron chi connectivity index (χ4n) is 3.26. The van der Waals surface area contributed by atoms with E-state index in [2.05, 4.69) is 25.3 Å². The molecule has 0 aromatic carbocycles. The van der Waals surface area contributed by atoms with E-state index in [0.717, 1.165) is 0 Å². The molecule has 3 aromatic rings. The smallest absolute Gasteiger partial charge is 0.306 e. The number of pyridine rings is 2. The van der Waals surface area contributed by atoms with E-state index in [9.17, 15) is 24.0 Å². The summed E-state index contributed by atoms with van der Waals surface area (Å²) < 4.78 is 10.3. The highest BCUT2D eigenvalue weighted by Gasteiger charge is 2.19. The van der Waals surface area contributed by atoms with E-state index in [1.54, 1.807) is 39.1 Å². The van der Waals surface area contributed by atoms with Crippen molar-refractivity contribution in [3.8, 4) is 0 Å². The number of fused-ring (bicyclic) bond motifs is 1. The molecule has 0 saturated carbocycles. The first-order valence-corrected chi connectivity index (χ1v) is 12.9. The lowest BCUT2D eigenvalue weighted by Gasteiger charge is -2.19. The van der Waals surface area contributed by atoms with Crippen LogP contribution in [-0.2, 0) is 30.3 Å². The number of rotatable bonds is 8. The van der Waals surface area contributed by atoms with Gasteiger partial charge in [0.05, 0.1) is 23.8 Å². The standard InChI is InChI=1S/C14H19N3O4.C14H17N3O3/c1-14(2,3)21-11(19)7-6-10(18)17-13-9(12(15)20)5-4-8-16-13;1-14(2,3)20-11(18)7-6-10-16-12-9(13(19)17-10)5-4-8-15-12/h4-5,8H,6-7H2,1-3H3,(H2,15,20)(H,16,17,18);4-5,8H,6-7H2,1-3H3,(H,15,16,17,19). The molecule has 3 aromatic heterocycles. The van der Waals surface area contributed by atoms with Crippen molar-refractivity contribution in [3.63, 3.8) is 0 Å². The van der Waals surface area contributed by atoms with Crippen molar-refractivity contribution in [2.24, 2.45) is 5.73 Å². The van der Waals surface area contributed by atoms with Crippen molar-refractivity contribution in [1.29, 1.82) is 0 Å². The number of nitrogens with two attached hydrogens (primary N) is 1. The number of amides is 2. The number of hydrogen-bond donors (Lipinski definition) is 3. The molecule has 0 aliphatic rings. The van der Waals surface area contributed by atoms with E-state index in [-0.39, 0.29) is 42.2 Å². The topological polar surface area (TPSA) is 196 Å². The molecule has 0 aliphatic heterocycles. The molecule has 0 spiro atoms. The van der Waals surface area contributed by atoms with Gasteiger partial charge in [-0.3, -0.25) is 24.0 Å². The van der Waals surface area contributed by atoms with Crippen LogP contribution in [-0.4, -0.2) is 54.9 Å². The first kappa shape index (κ1) is 32.5. The molecule has 3 heterocycles. The van der Waals surface area contributed by atoms with Crippen molar-refractivity contribution in [2.45, 2.75) is 78.4 Å². The van der Waals surface area contributed by atoms with Crippen LogP contribution in [0, 0.1) is 0 Å². The summed E-state index contributed by atoms with van der Waals surface area (Å²) in [5, 5.41) is 2.89. The first-order chi connectivity index (χ1) is 19.0. The summed E-state index contributed by atoms with van der Waals surface area (Å²) in [6, 6.07) is 6.33. The van der Waals surface area contributed by atoms with Gasteiger partial charge in [-0.15, -0.1) is 0 Å². The number of esters is 2. The Hall–Kier alpha value is -4.68. The van der Waals surface area contributed by atoms with E-state index in [0.29, 0.717) is 23.3 Å². The molecule has 41 heavy (non-hydrogen) atoms. The Morgan fingerprint density at radius 3 is 2.07 bits per heavy atom. The average molecular weight is 569 g/mol. The quantitative estimate of drug-likeness (QED) is 0.340. The minimum absolute atomic E-state index is 0.0537. The van der Waals surface area contributed by atoms with Crippen LogP contribution < -0.4 is 16.6 Å². The minimum Gasteiger partial charge on any atom is -0.460 e. The highest BCUT2D eigenvalue weighted by atomic mass is 16.6. The van der Waals surface area contributed by atoms with E-state index in [4.69, 9.17) is 15.2 Å². The van der Waals surface area contributed by atoms with Crippen molar-refractivity contribution in [3.05, 3.63) is 58.4 Å². The zero-order valence-electron chi connectivity index (χ0n) is 24.1. The molecular weight excluding hydrogens is 532 g/mol. The second kappa shape index (κ2) is 14.1. The Balaban J connectivity index is 0.000000287. The Labute approximate surface area is 237 Å². The van der Waals surface area contributed by atoms with Crippen LogP contribution in [0.5, 0.6) is 0 Å². The van der Waals surface area contributed by atoms with Gasteiger partial charge >= 0.3 is 11.9 Å². The molecule has 2 amide bonds. The van der Waals surface area contributed by atoms with E-state index in [1.807, 2.05) is 20.8 Å². The van der Waals surface area contributed by atoms with Gasteiger partial charge < -0.3 is 25.5 Å². The lowest BCUT2D eigenvalue weighted by atomic mass is 10.2. The summed E-state index contributed by atoms with van der Waals surface area (Å²) in [5.41, 5.74) is 4.33. The van der Waals surface area contributed by atoms with Crippen molar-refractivity contribution < 1.29 is 28.7 Å². The fourth-order valence-corrected chi connectivity index (χ4v) is 3.26. The number of aromatic nitrogens is 4. The summed E-state index contributed by atoms with van der Waals surface area (Å²) in [6.45, 7) is 10.7. The van der Waals surface area contributed by atoms with Gasteiger partial charge in [0.1, 0.15) is 22.8 Å². The van der Waals surface area contributed by atoms with Crippen LogP contribution in [0.15, 0.2) is 41.5 Å². The van der Waals surface area contributed by atoms with Crippen molar-refractivity contribution in [1.82, 2.24) is 19.9 Å². The van der Waals surface area contributed by atoms with E-state index < -0.39 is 29.0 Å². The first-order valence-electron chi connectivity index (χ1n) is 12.9. The zero-order valence-corrected chi connectivity index (χ0v) is 24.1. The number of carbonyl (C=O) groups is 4. The lowest BCUT2D eigenvalue weighted by molar-refractivity contribution is -0.156. The molecule has 0 aliphatic carbocycles. The zero-order chi connectivity index (χ0) is 30.8. The van der Waals surface area contributed by atoms with E-state index >= 15 is 0 Å². The van der Waals surface area contributed by atoms with Crippen molar-refractivity contribution in [2.75, 3.05) is 5.32 Å². The number of H-pyrrole nitrogens is 1. The maximum absolute atomic E-state index is 11.8. The highest BCUT2D eigenvalue weighted by Crippen LogP contribution is 2.13. The predicted molar refractivity (Wildman–Crippen MR) is 151 cm³/mol. The molecule has 0 atom stereocenters. The maximum Gasteiger partial charge on any atom is 0.306 e. The van der Waals surface area contributed by atoms with Crippen LogP contribution in [0.2, 0.25) is 0 Å². The van der Waals surface area contributed by atoms with Gasteiger partial charge in [0, 0.05) is 25.2 Å². The molecule has 0 unspecified atom stereocenters. The second-order valence-corrected chi connectivity index (χ2v) is 10.9. The molecule has 4 N–H and O–H groups in total.